The van der Waals surface area contributed by atoms with Crippen molar-refractivity contribution >= 4 is 0 Å². The predicted molar refractivity (Wildman–Crippen MR) is 57.5 cm³/mol. The average Bonchev–Trinajstić information content (AvgIpc) is 2.32. The third kappa shape index (κ3) is 2.92. The van der Waals surface area contributed by atoms with E-state index in [0.29, 0.717) is 18.4 Å². The Hall–Kier alpha value is -1.16. The molecule has 1 aliphatic rings. The van der Waals surface area contributed by atoms with Gasteiger partial charge in [0.05, 0.1) is 0 Å². The van der Waals surface area contributed by atoms with Gasteiger partial charge in [0.25, 0.3) is 0 Å². The van der Waals surface area contributed by atoms with Gasteiger partial charge in [-0.1, -0.05) is 6.42 Å². The van der Waals surface area contributed by atoms with E-state index in [1.165, 1.54) is 18.9 Å². The van der Waals surface area contributed by atoms with E-state index in [2.05, 4.69) is 5.32 Å². The van der Waals surface area contributed by atoms with Gasteiger partial charge in [-0.2, -0.15) is 0 Å². The van der Waals surface area contributed by atoms with Crippen molar-refractivity contribution < 1.29 is 13.5 Å². The summed E-state index contributed by atoms with van der Waals surface area (Å²) in [4.78, 5) is 0. The second kappa shape index (κ2) is 5.25. The second-order valence-electron chi connectivity index (χ2n) is 4.03. The largest absolute Gasteiger partial charge is 0.492 e. The second-order valence-corrected chi connectivity index (χ2v) is 4.03. The summed E-state index contributed by atoms with van der Waals surface area (Å²) in [6.07, 6.45) is 3.46. The molecule has 1 atom stereocenters. The van der Waals surface area contributed by atoms with Gasteiger partial charge >= 0.3 is 0 Å². The quantitative estimate of drug-likeness (QED) is 0.856. The van der Waals surface area contributed by atoms with Gasteiger partial charge in [0.2, 0.25) is 0 Å². The monoisotopic (exact) mass is 227 g/mol. The molecule has 88 valence electrons. The normalized spacial score (nSPS) is 20.8. The first-order valence-electron chi connectivity index (χ1n) is 5.57. The summed E-state index contributed by atoms with van der Waals surface area (Å²) in [5.41, 5.74) is 0. The maximum absolute atomic E-state index is 12.9. The van der Waals surface area contributed by atoms with E-state index in [-0.39, 0.29) is 0 Å². The summed E-state index contributed by atoms with van der Waals surface area (Å²) in [6.45, 7) is 1.51. The van der Waals surface area contributed by atoms with Crippen molar-refractivity contribution in [2.45, 2.75) is 25.3 Å². The third-order valence-electron chi connectivity index (χ3n) is 2.75. The molecule has 4 heteroatoms. The Bertz CT molecular complexity index is 351. The Morgan fingerprint density at radius 3 is 2.81 bits per heavy atom. The number of hydrogen-bond acceptors (Lipinski definition) is 2. The van der Waals surface area contributed by atoms with Crippen LogP contribution in [0.15, 0.2) is 18.2 Å². The molecule has 0 aliphatic carbocycles. The van der Waals surface area contributed by atoms with Crippen LogP contribution in [0, 0.1) is 11.6 Å². The molecule has 1 aromatic carbocycles. The summed E-state index contributed by atoms with van der Waals surface area (Å²) in [5.74, 6) is -1.33. The highest BCUT2D eigenvalue weighted by Crippen LogP contribution is 2.16. The number of ether oxygens (including phenoxy) is 1. The molecule has 0 bridgehead atoms. The van der Waals surface area contributed by atoms with E-state index in [9.17, 15) is 8.78 Å². The molecule has 1 unspecified atom stereocenters. The van der Waals surface area contributed by atoms with Crippen LogP contribution in [0.25, 0.3) is 0 Å². The lowest BCUT2D eigenvalue weighted by atomic mass is 10.1. The van der Waals surface area contributed by atoms with E-state index >= 15 is 0 Å². The molecular formula is C12H15F2NO. The molecule has 16 heavy (non-hydrogen) atoms. The van der Waals surface area contributed by atoms with Crippen molar-refractivity contribution in [3.63, 3.8) is 0 Å². The van der Waals surface area contributed by atoms with Crippen molar-refractivity contribution in [2.24, 2.45) is 0 Å². The lowest BCUT2D eigenvalue weighted by Gasteiger charge is -2.23. The number of hydrogen-bond donors (Lipinski definition) is 1. The summed E-state index contributed by atoms with van der Waals surface area (Å²) in [5, 5.41) is 3.32. The smallest absolute Gasteiger partial charge is 0.162 e. The SMILES string of the molecule is Fc1ccc(OCC2CCCCN2)cc1F. The number of piperidine rings is 1. The molecular weight excluding hydrogens is 212 g/mol. The molecule has 1 saturated heterocycles. The molecule has 0 saturated carbocycles. The standard InChI is InChI=1S/C12H15F2NO/c13-11-5-4-10(7-12(11)14)16-8-9-3-1-2-6-15-9/h4-5,7,9,15H,1-3,6,8H2. The Morgan fingerprint density at radius 2 is 2.12 bits per heavy atom. The minimum atomic E-state index is -0.867. The first-order valence-corrected chi connectivity index (χ1v) is 5.57. The van der Waals surface area contributed by atoms with Crippen molar-refractivity contribution in [3.05, 3.63) is 29.8 Å². The van der Waals surface area contributed by atoms with Gasteiger partial charge in [0, 0.05) is 12.1 Å². The van der Waals surface area contributed by atoms with Gasteiger partial charge in [0.1, 0.15) is 12.4 Å². The van der Waals surface area contributed by atoms with E-state index in [0.717, 1.165) is 25.1 Å². The van der Waals surface area contributed by atoms with Crippen LogP contribution in [0.4, 0.5) is 8.78 Å². The van der Waals surface area contributed by atoms with Crippen LogP contribution in [0.5, 0.6) is 5.75 Å². The van der Waals surface area contributed by atoms with Gasteiger partial charge in [-0.15, -0.1) is 0 Å². The highest BCUT2D eigenvalue weighted by atomic mass is 19.2. The Morgan fingerprint density at radius 1 is 1.25 bits per heavy atom. The van der Waals surface area contributed by atoms with E-state index in [1.807, 2.05) is 0 Å². The maximum Gasteiger partial charge on any atom is 0.162 e. The zero-order valence-corrected chi connectivity index (χ0v) is 9.01. The third-order valence-corrected chi connectivity index (χ3v) is 2.75. The van der Waals surface area contributed by atoms with Crippen molar-refractivity contribution in [3.8, 4) is 5.75 Å². The molecule has 0 radical (unpaired) electrons. The summed E-state index contributed by atoms with van der Waals surface area (Å²) in [7, 11) is 0. The first-order chi connectivity index (χ1) is 7.75. The first kappa shape index (κ1) is 11.3. The number of nitrogens with one attached hydrogen (secondary N) is 1. The zero-order valence-electron chi connectivity index (χ0n) is 9.01. The molecule has 1 aliphatic heterocycles. The van der Waals surface area contributed by atoms with Crippen LogP contribution in [-0.2, 0) is 0 Å². The van der Waals surface area contributed by atoms with E-state index < -0.39 is 11.6 Å². The van der Waals surface area contributed by atoms with Crippen LogP contribution in [0.1, 0.15) is 19.3 Å². The van der Waals surface area contributed by atoms with Crippen LogP contribution in [0.3, 0.4) is 0 Å². The van der Waals surface area contributed by atoms with Crippen LogP contribution >= 0.6 is 0 Å². The molecule has 1 N–H and O–H groups in total. The average molecular weight is 227 g/mol. The highest BCUT2D eigenvalue weighted by Gasteiger charge is 2.13. The molecule has 1 fully saturated rings. The minimum absolute atomic E-state index is 0.321. The molecule has 1 aromatic rings. The molecule has 0 amide bonds. The van der Waals surface area contributed by atoms with Gasteiger partial charge in [0.15, 0.2) is 11.6 Å². The number of benzene rings is 1. The van der Waals surface area contributed by atoms with Crippen LogP contribution in [-0.4, -0.2) is 19.2 Å². The fourth-order valence-electron chi connectivity index (χ4n) is 1.83. The van der Waals surface area contributed by atoms with Crippen molar-refractivity contribution in [1.82, 2.24) is 5.32 Å². The van der Waals surface area contributed by atoms with Crippen LogP contribution in [0.2, 0.25) is 0 Å². The lowest BCUT2D eigenvalue weighted by molar-refractivity contribution is 0.238. The Labute approximate surface area is 93.6 Å². The fraction of sp³-hybridized carbons (Fsp3) is 0.500. The molecule has 2 nitrogen and oxygen atoms in total. The van der Waals surface area contributed by atoms with E-state index in [1.54, 1.807) is 0 Å². The topological polar surface area (TPSA) is 21.3 Å². The number of rotatable bonds is 3. The Kier molecular flexibility index (Phi) is 3.72. The van der Waals surface area contributed by atoms with Crippen molar-refractivity contribution in [1.29, 1.82) is 0 Å². The van der Waals surface area contributed by atoms with Gasteiger partial charge in [-0.3, -0.25) is 0 Å². The molecule has 2 rings (SSSR count). The molecule has 1 heterocycles. The predicted octanol–water partition coefficient (Wildman–Crippen LogP) is 2.49. The molecule has 0 aromatic heterocycles. The van der Waals surface area contributed by atoms with Gasteiger partial charge < -0.3 is 10.1 Å². The minimum Gasteiger partial charge on any atom is -0.492 e. The zero-order chi connectivity index (χ0) is 11.4. The van der Waals surface area contributed by atoms with Crippen molar-refractivity contribution in [2.75, 3.05) is 13.2 Å². The van der Waals surface area contributed by atoms with Crippen LogP contribution < -0.4 is 10.1 Å². The Balaban J connectivity index is 1.86. The number of halogens is 2. The summed E-state index contributed by atoms with van der Waals surface area (Å²) < 4.78 is 30.9. The lowest BCUT2D eigenvalue weighted by Crippen LogP contribution is -2.38. The van der Waals surface area contributed by atoms with E-state index in [4.69, 9.17) is 4.74 Å². The maximum atomic E-state index is 12.9. The van der Waals surface area contributed by atoms with Gasteiger partial charge in [-0.25, -0.2) is 8.78 Å². The molecule has 0 spiro atoms. The fourth-order valence-corrected chi connectivity index (χ4v) is 1.83. The highest BCUT2D eigenvalue weighted by molar-refractivity contribution is 5.23. The summed E-state index contributed by atoms with van der Waals surface area (Å²) >= 11 is 0. The van der Waals surface area contributed by atoms with Gasteiger partial charge in [-0.05, 0) is 31.5 Å². The summed E-state index contributed by atoms with van der Waals surface area (Å²) in [6, 6.07) is 3.93.